The summed E-state index contributed by atoms with van der Waals surface area (Å²) < 4.78 is 30.8. The van der Waals surface area contributed by atoms with Crippen LogP contribution < -0.4 is 15.6 Å². The predicted molar refractivity (Wildman–Crippen MR) is 111 cm³/mol. The van der Waals surface area contributed by atoms with Crippen LogP contribution in [0.2, 0.25) is 0 Å². The maximum absolute atomic E-state index is 13.3. The second-order valence-electron chi connectivity index (χ2n) is 7.08. The van der Waals surface area contributed by atoms with Crippen LogP contribution in [0, 0.1) is 0 Å². The molecular formula is C21H20N2O6S. The molecule has 9 heteroatoms. The van der Waals surface area contributed by atoms with Crippen molar-refractivity contribution < 1.29 is 23.1 Å². The fourth-order valence-electron chi connectivity index (χ4n) is 3.71. The van der Waals surface area contributed by atoms with Gasteiger partial charge in [0.2, 0.25) is 0 Å². The zero-order chi connectivity index (χ0) is 21.6. The number of benzene rings is 2. The number of nitrogens with one attached hydrogen (secondary N) is 1. The maximum atomic E-state index is 13.3. The van der Waals surface area contributed by atoms with Crippen LogP contribution in [0.1, 0.15) is 28.9 Å². The summed E-state index contributed by atoms with van der Waals surface area (Å²) in [5, 5.41) is 13.6. The number of nitrogens with zero attached hydrogens (tertiary/aromatic N) is 1. The Kier molecular flexibility index (Phi) is 4.77. The molecule has 0 radical (unpaired) electrons. The van der Waals surface area contributed by atoms with Gasteiger partial charge in [-0.05, 0) is 36.8 Å². The fraction of sp³-hybridized carbons (Fsp3) is 0.238. The van der Waals surface area contributed by atoms with Gasteiger partial charge in [0.1, 0.15) is 23.7 Å². The van der Waals surface area contributed by atoms with Crippen molar-refractivity contribution in [3.63, 3.8) is 0 Å². The van der Waals surface area contributed by atoms with Gasteiger partial charge in [0, 0.05) is 18.2 Å². The van der Waals surface area contributed by atoms with Gasteiger partial charge in [-0.15, -0.1) is 0 Å². The number of hydrogen-bond donors (Lipinski definition) is 2. The SMILES string of the molecule is CCNC(=O)c1c(O)c2cccc3c2n(c1=O)C(c1ccc(S(C)(=O)=O)cc1)CO3. The Morgan fingerprint density at radius 1 is 1.23 bits per heavy atom. The molecular weight excluding hydrogens is 408 g/mol. The minimum atomic E-state index is -3.36. The molecule has 1 atom stereocenters. The molecule has 0 bridgehead atoms. The quantitative estimate of drug-likeness (QED) is 0.655. The Hall–Kier alpha value is -3.33. The standard InChI is InChI=1S/C21H20N2O6S/c1-3-22-20(25)17-19(24)14-5-4-6-16-18(14)23(21(17)26)15(11-29-16)12-7-9-13(10-8-12)30(2,27)28/h4-10,15,24H,3,11H2,1-2H3,(H,22,25). The molecule has 0 saturated heterocycles. The van der Waals surface area contributed by atoms with Crippen molar-refractivity contribution >= 4 is 26.6 Å². The molecule has 0 saturated carbocycles. The number of rotatable bonds is 4. The second-order valence-corrected chi connectivity index (χ2v) is 9.09. The molecule has 4 rings (SSSR count). The molecule has 0 spiro atoms. The summed E-state index contributed by atoms with van der Waals surface area (Å²) in [5.74, 6) is -0.629. The van der Waals surface area contributed by atoms with E-state index in [1.807, 2.05) is 0 Å². The number of hydrogen-bond acceptors (Lipinski definition) is 6. The van der Waals surface area contributed by atoms with E-state index >= 15 is 0 Å². The van der Waals surface area contributed by atoms with E-state index in [4.69, 9.17) is 4.74 Å². The largest absolute Gasteiger partial charge is 0.506 e. The molecule has 156 valence electrons. The van der Waals surface area contributed by atoms with E-state index in [1.54, 1.807) is 37.3 Å². The lowest BCUT2D eigenvalue weighted by Crippen LogP contribution is -2.38. The molecule has 1 unspecified atom stereocenters. The van der Waals surface area contributed by atoms with Crippen molar-refractivity contribution in [2.24, 2.45) is 0 Å². The third-order valence-electron chi connectivity index (χ3n) is 5.13. The van der Waals surface area contributed by atoms with Crippen LogP contribution in [-0.4, -0.2) is 43.4 Å². The first-order valence-corrected chi connectivity index (χ1v) is 11.2. The van der Waals surface area contributed by atoms with Gasteiger partial charge in [-0.1, -0.05) is 18.2 Å². The van der Waals surface area contributed by atoms with E-state index in [9.17, 15) is 23.1 Å². The van der Waals surface area contributed by atoms with Gasteiger partial charge in [0.15, 0.2) is 9.84 Å². The first kappa shape index (κ1) is 20.0. The van der Waals surface area contributed by atoms with Crippen LogP contribution in [0.5, 0.6) is 11.5 Å². The molecule has 2 heterocycles. The molecule has 3 aromatic rings. The molecule has 2 aromatic carbocycles. The summed E-state index contributed by atoms with van der Waals surface area (Å²) in [6, 6.07) is 10.6. The normalized spacial score (nSPS) is 15.6. The van der Waals surface area contributed by atoms with Crippen LogP contribution >= 0.6 is 0 Å². The Balaban J connectivity index is 1.98. The number of aromatic hydroxyl groups is 1. The monoisotopic (exact) mass is 428 g/mol. The highest BCUT2D eigenvalue weighted by molar-refractivity contribution is 7.90. The highest BCUT2D eigenvalue weighted by Gasteiger charge is 2.31. The van der Waals surface area contributed by atoms with E-state index in [2.05, 4.69) is 5.32 Å². The summed E-state index contributed by atoms with van der Waals surface area (Å²) in [6.07, 6.45) is 1.12. The predicted octanol–water partition coefficient (Wildman–Crippen LogP) is 1.84. The van der Waals surface area contributed by atoms with E-state index in [0.29, 0.717) is 28.8 Å². The molecule has 2 N–H and O–H groups in total. The van der Waals surface area contributed by atoms with Crippen molar-refractivity contribution in [1.82, 2.24) is 9.88 Å². The molecule has 0 aliphatic carbocycles. The molecule has 1 amide bonds. The zero-order valence-electron chi connectivity index (χ0n) is 16.4. The van der Waals surface area contributed by atoms with E-state index in [0.717, 1.165) is 6.26 Å². The molecule has 8 nitrogen and oxygen atoms in total. The van der Waals surface area contributed by atoms with Crippen LogP contribution in [0.3, 0.4) is 0 Å². The summed E-state index contributed by atoms with van der Waals surface area (Å²) in [4.78, 5) is 26.0. The molecule has 1 aliphatic rings. The van der Waals surface area contributed by atoms with Gasteiger partial charge >= 0.3 is 0 Å². The van der Waals surface area contributed by atoms with Crippen molar-refractivity contribution in [1.29, 1.82) is 0 Å². The highest BCUT2D eigenvalue weighted by Crippen LogP contribution is 2.38. The van der Waals surface area contributed by atoms with Crippen molar-refractivity contribution in [3.05, 3.63) is 63.9 Å². The highest BCUT2D eigenvalue weighted by atomic mass is 32.2. The fourth-order valence-corrected chi connectivity index (χ4v) is 4.34. The van der Waals surface area contributed by atoms with Crippen molar-refractivity contribution in [3.8, 4) is 11.5 Å². The third kappa shape index (κ3) is 3.11. The third-order valence-corrected chi connectivity index (χ3v) is 6.26. The molecule has 30 heavy (non-hydrogen) atoms. The molecule has 1 aromatic heterocycles. The summed E-state index contributed by atoms with van der Waals surface area (Å²) in [5.41, 5.74) is 0.0596. The van der Waals surface area contributed by atoms with E-state index in [-0.39, 0.29) is 17.1 Å². The van der Waals surface area contributed by atoms with Gasteiger partial charge < -0.3 is 15.2 Å². The van der Waals surface area contributed by atoms with Crippen LogP contribution in [0.15, 0.2) is 52.2 Å². The summed E-state index contributed by atoms with van der Waals surface area (Å²) in [6.45, 7) is 2.13. The lowest BCUT2D eigenvalue weighted by molar-refractivity contribution is 0.0950. The number of aromatic nitrogens is 1. The average molecular weight is 428 g/mol. The number of sulfone groups is 1. The zero-order valence-corrected chi connectivity index (χ0v) is 17.2. The second kappa shape index (κ2) is 7.17. The lowest BCUT2D eigenvalue weighted by atomic mass is 10.0. The van der Waals surface area contributed by atoms with Crippen LogP contribution in [0.4, 0.5) is 0 Å². The van der Waals surface area contributed by atoms with Gasteiger partial charge in [-0.3, -0.25) is 14.2 Å². The average Bonchev–Trinajstić information content (AvgIpc) is 2.71. The van der Waals surface area contributed by atoms with Gasteiger partial charge in [-0.25, -0.2) is 8.42 Å². The number of ether oxygens (including phenoxy) is 1. The number of carbonyl (C=O) groups is 1. The first-order valence-electron chi connectivity index (χ1n) is 9.35. The Morgan fingerprint density at radius 2 is 1.93 bits per heavy atom. The van der Waals surface area contributed by atoms with Crippen LogP contribution in [-0.2, 0) is 9.84 Å². The number of amides is 1. The Morgan fingerprint density at radius 3 is 2.57 bits per heavy atom. The van der Waals surface area contributed by atoms with Crippen LogP contribution in [0.25, 0.3) is 10.9 Å². The Labute approximate surface area is 172 Å². The lowest BCUT2D eigenvalue weighted by Gasteiger charge is -2.29. The van der Waals surface area contributed by atoms with Gasteiger partial charge in [0.25, 0.3) is 11.5 Å². The number of carbonyl (C=O) groups excluding carboxylic acids is 1. The Bertz CT molecular complexity index is 1330. The minimum absolute atomic E-state index is 0.115. The summed E-state index contributed by atoms with van der Waals surface area (Å²) in [7, 11) is -3.36. The van der Waals surface area contributed by atoms with Gasteiger partial charge in [0.05, 0.1) is 16.5 Å². The van der Waals surface area contributed by atoms with E-state index in [1.165, 1.54) is 16.7 Å². The number of pyridine rings is 1. The number of para-hydroxylation sites is 1. The van der Waals surface area contributed by atoms with Crippen molar-refractivity contribution in [2.75, 3.05) is 19.4 Å². The molecule has 0 fully saturated rings. The van der Waals surface area contributed by atoms with E-state index < -0.39 is 33.1 Å². The molecule has 1 aliphatic heterocycles. The van der Waals surface area contributed by atoms with Crippen molar-refractivity contribution in [2.45, 2.75) is 17.9 Å². The van der Waals surface area contributed by atoms with Gasteiger partial charge in [-0.2, -0.15) is 0 Å². The minimum Gasteiger partial charge on any atom is -0.506 e. The summed E-state index contributed by atoms with van der Waals surface area (Å²) >= 11 is 0. The smallest absolute Gasteiger partial charge is 0.268 e. The maximum Gasteiger partial charge on any atom is 0.268 e. The topological polar surface area (TPSA) is 115 Å². The first-order chi connectivity index (χ1) is 14.2.